The normalized spacial score (nSPS) is 12.4. The van der Waals surface area contributed by atoms with Gasteiger partial charge in [-0.05, 0) is 71.9 Å². The van der Waals surface area contributed by atoms with Gasteiger partial charge in [-0.25, -0.2) is 0 Å². The van der Waals surface area contributed by atoms with Crippen molar-refractivity contribution in [2.24, 2.45) is 5.41 Å². The van der Waals surface area contributed by atoms with Gasteiger partial charge in [0.2, 0.25) is 0 Å². The Bertz CT molecular complexity index is 1000. The zero-order chi connectivity index (χ0) is 24.5. The Hall–Kier alpha value is -2.61. The number of rotatable bonds is 10. The molecule has 2 aromatic carbocycles. The molecule has 0 atom stereocenters. The van der Waals surface area contributed by atoms with E-state index in [4.69, 9.17) is 4.74 Å². The molecule has 0 saturated heterocycles. The number of Topliss-reactive ketones (excluding diaryl/α,β-unsaturated/α-hetero) is 1. The van der Waals surface area contributed by atoms with E-state index in [9.17, 15) is 4.79 Å². The van der Waals surface area contributed by atoms with Gasteiger partial charge in [-0.2, -0.15) is 0 Å². The van der Waals surface area contributed by atoms with Crippen molar-refractivity contribution in [1.82, 2.24) is 4.90 Å². The van der Waals surface area contributed by atoms with E-state index in [1.54, 1.807) is 6.92 Å². The van der Waals surface area contributed by atoms with Crippen LogP contribution in [0.1, 0.15) is 64.4 Å². The topological polar surface area (TPSA) is 29.5 Å². The summed E-state index contributed by atoms with van der Waals surface area (Å²) < 4.78 is 6.43. The van der Waals surface area contributed by atoms with Gasteiger partial charge in [0, 0.05) is 24.1 Å². The van der Waals surface area contributed by atoms with Crippen molar-refractivity contribution in [1.29, 1.82) is 0 Å². The average molecular weight is 462 g/mol. The second-order valence-corrected chi connectivity index (χ2v) is 13.1. The summed E-state index contributed by atoms with van der Waals surface area (Å²) in [7, 11) is -0.699. The first-order valence-electron chi connectivity index (χ1n) is 11.8. The minimum absolute atomic E-state index is 0.0316. The Kier molecular flexibility index (Phi) is 9.70. The zero-order valence-corrected chi connectivity index (χ0v) is 22.8. The fourth-order valence-electron chi connectivity index (χ4n) is 3.49. The maximum absolute atomic E-state index is 11.5. The third kappa shape index (κ3) is 10.2. The first-order chi connectivity index (χ1) is 15.5. The molecule has 0 aliphatic carbocycles. The number of likely N-dealkylation sites (N-methyl/N-ethyl adjacent to an activating group) is 1. The van der Waals surface area contributed by atoms with Gasteiger partial charge in [0.05, 0.1) is 5.22 Å². The highest BCUT2D eigenvalue weighted by atomic mass is 28.2. The second kappa shape index (κ2) is 12.0. The van der Waals surface area contributed by atoms with E-state index in [-0.39, 0.29) is 16.4 Å². The molecule has 0 amide bonds. The quantitative estimate of drug-likeness (QED) is 0.286. The molecule has 2 aromatic rings. The van der Waals surface area contributed by atoms with Crippen molar-refractivity contribution in [3.05, 3.63) is 71.8 Å². The Labute approximate surface area is 203 Å². The Morgan fingerprint density at radius 2 is 1.79 bits per heavy atom. The van der Waals surface area contributed by atoms with Crippen LogP contribution in [0.15, 0.2) is 60.7 Å². The van der Waals surface area contributed by atoms with Crippen LogP contribution in [0.3, 0.4) is 0 Å². The number of allylic oxidation sites excluding steroid dienone is 1. The summed E-state index contributed by atoms with van der Waals surface area (Å²) in [5.74, 6) is 7.39. The number of ether oxygens (including phenoxy) is 1. The van der Waals surface area contributed by atoms with Gasteiger partial charge in [-0.3, -0.25) is 9.69 Å². The molecule has 0 aromatic heterocycles. The molecule has 2 rings (SSSR count). The monoisotopic (exact) mass is 461 g/mol. The summed E-state index contributed by atoms with van der Waals surface area (Å²) in [6, 6.07) is 16.4. The molecule has 0 unspecified atom stereocenters. The number of benzene rings is 2. The first-order valence-corrected chi connectivity index (χ1v) is 13.2. The molecule has 4 heteroatoms. The van der Waals surface area contributed by atoms with Gasteiger partial charge < -0.3 is 4.74 Å². The molecule has 0 heterocycles. The zero-order valence-electron chi connectivity index (χ0n) is 21.4. The smallest absolute Gasteiger partial charge is 0.159 e. The summed E-state index contributed by atoms with van der Waals surface area (Å²) in [6.45, 7) is 17.2. The van der Waals surface area contributed by atoms with E-state index in [2.05, 4.69) is 94.7 Å². The standard InChI is InChI=1S/C29H39NO2Si/c1-8-30(20-11-9-10-19-28(3,4)5)22-24-13-12-14-26(21-24)32-29(6,7)33-27-17-15-25(16-18-27)23(2)31/h9,11-18,21H,8,20,22,33H2,1-7H3/b11-9+. The van der Waals surface area contributed by atoms with Crippen LogP contribution < -0.4 is 9.92 Å². The Balaban J connectivity index is 1.98. The molecule has 0 bridgehead atoms. The number of ketones is 1. The lowest BCUT2D eigenvalue weighted by Crippen LogP contribution is -2.42. The van der Waals surface area contributed by atoms with E-state index in [0.717, 1.165) is 30.9 Å². The summed E-state index contributed by atoms with van der Waals surface area (Å²) >= 11 is 0. The largest absolute Gasteiger partial charge is 0.492 e. The van der Waals surface area contributed by atoms with Gasteiger partial charge in [0.15, 0.2) is 5.78 Å². The third-order valence-electron chi connectivity index (χ3n) is 5.15. The van der Waals surface area contributed by atoms with Crippen molar-refractivity contribution in [3.8, 4) is 17.6 Å². The predicted octanol–water partition coefficient (Wildman–Crippen LogP) is 4.93. The summed E-state index contributed by atoms with van der Waals surface area (Å²) in [5.41, 5.74) is 2.03. The molecule has 0 radical (unpaired) electrons. The van der Waals surface area contributed by atoms with Gasteiger partial charge in [0.25, 0.3) is 0 Å². The van der Waals surface area contributed by atoms with Crippen molar-refractivity contribution >= 4 is 20.5 Å². The highest BCUT2D eigenvalue weighted by Gasteiger charge is 2.21. The van der Waals surface area contributed by atoms with Crippen molar-refractivity contribution < 1.29 is 9.53 Å². The molecule has 0 aliphatic heterocycles. The van der Waals surface area contributed by atoms with Gasteiger partial charge in [-0.1, -0.05) is 66.4 Å². The predicted molar refractivity (Wildman–Crippen MR) is 143 cm³/mol. The lowest BCUT2D eigenvalue weighted by Gasteiger charge is -2.27. The van der Waals surface area contributed by atoms with Gasteiger partial charge in [0.1, 0.15) is 15.3 Å². The summed E-state index contributed by atoms with van der Waals surface area (Å²) in [5, 5.41) is 1.06. The number of hydrogen-bond acceptors (Lipinski definition) is 3. The van der Waals surface area contributed by atoms with Crippen LogP contribution >= 0.6 is 0 Å². The van der Waals surface area contributed by atoms with E-state index < -0.39 is 9.52 Å². The molecule has 0 saturated carbocycles. The molecule has 0 spiro atoms. The number of nitrogens with zero attached hydrogens (tertiary/aromatic N) is 1. The molecule has 0 N–H and O–H groups in total. The highest BCUT2D eigenvalue weighted by molar-refractivity contribution is 6.56. The van der Waals surface area contributed by atoms with Gasteiger partial charge in [-0.15, -0.1) is 0 Å². The first kappa shape index (κ1) is 26.6. The lowest BCUT2D eigenvalue weighted by molar-refractivity contribution is 0.101. The third-order valence-corrected chi connectivity index (χ3v) is 7.02. The fourth-order valence-corrected chi connectivity index (χ4v) is 5.19. The van der Waals surface area contributed by atoms with Crippen LogP contribution in [0.5, 0.6) is 5.75 Å². The van der Waals surface area contributed by atoms with Crippen LogP contribution in [-0.2, 0) is 6.54 Å². The van der Waals surface area contributed by atoms with E-state index >= 15 is 0 Å². The minimum atomic E-state index is -0.699. The fraction of sp³-hybridized carbons (Fsp3) is 0.414. The SMILES string of the molecule is CCN(C/C=C/C#CC(C)(C)C)Cc1cccc(OC(C)(C)[SiH2]c2ccc(C(C)=O)cc2)c1. The van der Waals surface area contributed by atoms with E-state index in [0.29, 0.717) is 0 Å². The molecular formula is C29H39NO2Si. The van der Waals surface area contributed by atoms with Crippen molar-refractivity contribution in [2.75, 3.05) is 13.1 Å². The van der Waals surface area contributed by atoms with Crippen molar-refractivity contribution in [2.45, 2.75) is 60.2 Å². The number of hydrogen-bond donors (Lipinski definition) is 0. The second-order valence-electron chi connectivity index (χ2n) is 10.2. The van der Waals surface area contributed by atoms with E-state index in [1.165, 1.54) is 10.8 Å². The molecular weight excluding hydrogens is 422 g/mol. The maximum Gasteiger partial charge on any atom is 0.159 e. The van der Waals surface area contributed by atoms with Crippen LogP contribution in [0.4, 0.5) is 0 Å². The maximum atomic E-state index is 11.5. The van der Waals surface area contributed by atoms with Crippen LogP contribution in [0.25, 0.3) is 0 Å². The molecule has 3 nitrogen and oxygen atoms in total. The minimum Gasteiger partial charge on any atom is -0.492 e. The van der Waals surface area contributed by atoms with Crippen LogP contribution in [-0.4, -0.2) is 38.5 Å². The summed E-state index contributed by atoms with van der Waals surface area (Å²) in [6.07, 6.45) is 4.10. The van der Waals surface area contributed by atoms with Crippen LogP contribution in [0.2, 0.25) is 0 Å². The van der Waals surface area contributed by atoms with Crippen molar-refractivity contribution in [3.63, 3.8) is 0 Å². The van der Waals surface area contributed by atoms with E-state index in [1.807, 2.05) is 24.3 Å². The molecule has 0 fully saturated rings. The number of carbonyl (C=O) groups excluding carboxylic acids is 1. The highest BCUT2D eigenvalue weighted by Crippen LogP contribution is 2.20. The Morgan fingerprint density at radius 1 is 1.09 bits per heavy atom. The Morgan fingerprint density at radius 3 is 2.39 bits per heavy atom. The lowest BCUT2D eigenvalue weighted by atomic mass is 9.98. The number of carbonyl (C=O) groups is 1. The van der Waals surface area contributed by atoms with Crippen LogP contribution in [0, 0.1) is 17.3 Å². The molecule has 176 valence electrons. The molecule has 0 aliphatic rings. The molecule has 33 heavy (non-hydrogen) atoms. The average Bonchev–Trinajstić information content (AvgIpc) is 2.71. The van der Waals surface area contributed by atoms with Gasteiger partial charge >= 0.3 is 0 Å². The summed E-state index contributed by atoms with van der Waals surface area (Å²) in [4.78, 5) is 13.9.